The van der Waals surface area contributed by atoms with Gasteiger partial charge in [-0.2, -0.15) is 9.98 Å². The molecule has 2 aromatic carbocycles. The summed E-state index contributed by atoms with van der Waals surface area (Å²) in [7, 11) is 0. The molecule has 0 saturated carbocycles. The predicted molar refractivity (Wildman–Crippen MR) is 78.9 cm³/mol. The summed E-state index contributed by atoms with van der Waals surface area (Å²) < 4.78 is 0. The van der Waals surface area contributed by atoms with Gasteiger partial charge in [0, 0.05) is 0 Å². The second-order valence-corrected chi connectivity index (χ2v) is 3.20. The zero-order chi connectivity index (χ0) is 15.8. The third-order valence-corrected chi connectivity index (χ3v) is 1.87. The molecule has 6 nitrogen and oxygen atoms in total. The molecular weight excluding hydrogens is 268 g/mol. The Balaban J connectivity index is 0.000000578. The molecule has 0 atom stereocenters. The quantitative estimate of drug-likeness (QED) is 0.647. The molecule has 0 aliphatic rings. The number of para-hydroxylation sites is 2. The Hall–Kier alpha value is -3.42. The van der Waals surface area contributed by atoms with E-state index >= 15 is 0 Å². The Labute approximate surface area is 121 Å². The Morgan fingerprint density at radius 1 is 0.667 bits per heavy atom. The van der Waals surface area contributed by atoms with Crippen molar-refractivity contribution in [2.24, 2.45) is 9.98 Å². The van der Waals surface area contributed by atoms with E-state index in [2.05, 4.69) is 16.0 Å². The molecule has 104 valence electrons. The minimum atomic E-state index is 0.750. The van der Waals surface area contributed by atoms with Gasteiger partial charge in [-0.1, -0.05) is 36.4 Å². The number of nitrogens with zero attached hydrogens (tertiary/aromatic N) is 2. The first-order chi connectivity index (χ1) is 10.3. The second kappa shape index (κ2) is 13.0. The van der Waals surface area contributed by atoms with E-state index in [1.807, 2.05) is 60.7 Å². The van der Waals surface area contributed by atoms with Crippen LogP contribution in [0.5, 0.6) is 0 Å². The molecule has 0 spiro atoms. The summed E-state index contributed by atoms with van der Waals surface area (Å²) in [5, 5.41) is 10.8. The van der Waals surface area contributed by atoms with Crippen LogP contribution >= 0.6 is 0 Å². The molecule has 0 unspecified atom stereocenters. The predicted octanol–water partition coefficient (Wildman–Crippen LogP) is 3.63. The van der Waals surface area contributed by atoms with Crippen LogP contribution in [0.2, 0.25) is 0 Å². The van der Waals surface area contributed by atoms with Gasteiger partial charge in [0.15, 0.2) is 0 Å². The number of nitrogens with one attached hydrogen (secondary N) is 2. The topological polar surface area (TPSA) is 107 Å². The average Bonchev–Trinajstić information content (AvgIpc) is 2.51. The first-order valence-corrected chi connectivity index (χ1v) is 5.62. The Bertz CT molecular complexity index is 580. The molecule has 6 heteroatoms. The lowest BCUT2D eigenvalue weighted by Crippen LogP contribution is -1.63. The maximum atomic E-state index is 8.35. The highest BCUT2D eigenvalue weighted by Crippen LogP contribution is 2.10. The largest absolute Gasteiger partial charge is 0.231 e. The minimum Gasteiger partial charge on any atom is -0.222 e. The number of benzene rings is 2. The molecular formula is C15H12N4O2. The summed E-state index contributed by atoms with van der Waals surface area (Å²) in [4.78, 5) is 24.9. The van der Waals surface area contributed by atoms with Crippen LogP contribution in [-0.4, -0.2) is 18.2 Å². The summed E-state index contributed by atoms with van der Waals surface area (Å²) in [5.74, 6) is 0. The van der Waals surface area contributed by atoms with E-state index in [-0.39, 0.29) is 0 Å². The second-order valence-electron chi connectivity index (χ2n) is 3.20. The highest BCUT2D eigenvalue weighted by atomic mass is 16.1. The fourth-order valence-corrected chi connectivity index (χ4v) is 1.15. The SMILES string of the molecule is C(=Nc1ccccc1)=Nc1ccccc1.N=C=O.N=C=O. The summed E-state index contributed by atoms with van der Waals surface area (Å²) >= 11 is 0. The van der Waals surface area contributed by atoms with Gasteiger partial charge in [0.05, 0.1) is 11.4 Å². The summed E-state index contributed by atoms with van der Waals surface area (Å²) in [6.45, 7) is 0. The van der Waals surface area contributed by atoms with Crippen LogP contribution in [0.25, 0.3) is 0 Å². The number of carbonyl (C=O) groups excluding carboxylic acids is 2. The molecule has 0 radical (unpaired) electrons. The van der Waals surface area contributed by atoms with E-state index in [9.17, 15) is 0 Å². The number of aliphatic imine (C=N–C) groups is 2. The number of hydrogen-bond acceptors (Lipinski definition) is 6. The van der Waals surface area contributed by atoms with E-state index in [1.54, 1.807) is 0 Å². The maximum absolute atomic E-state index is 8.35. The molecule has 2 N–H and O–H groups in total. The highest BCUT2D eigenvalue weighted by Gasteiger charge is 1.83. The van der Waals surface area contributed by atoms with Crippen molar-refractivity contribution in [1.82, 2.24) is 0 Å². The summed E-state index contributed by atoms with van der Waals surface area (Å²) in [6, 6.07) is 21.9. The van der Waals surface area contributed by atoms with Gasteiger partial charge in [-0.3, -0.25) is 0 Å². The molecule has 0 bridgehead atoms. The minimum absolute atomic E-state index is 0.750. The number of isocyanates is 2. The monoisotopic (exact) mass is 280 g/mol. The van der Waals surface area contributed by atoms with Crippen molar-refractivity contribution in [3.63, 3.8) is 0 Å². The van der Waals surface area contributed by atoms with E-state index in [0.717, 1.165) is 23.5 Å². The Morgan fingerprint density at radius 2 is 0.952 bits per heavy atom. The standard InChI is InChI=1S/C13H10N2.2CHNO/c1-3-7-12(8-4-1)14-11-15-13-9-5-2-6-10-13;2*2-1-3/h1-10H;2*2H. The van der Waals surface area contributed by atoms with Crippen molar-refractivity contribution in [2.45, 2.75) is 0 Å². The fraction of sp³-hybridized carbons (Fsp3) is 0. The lowest BCUT2D eigenvalue weighted by atomic mass is 10.3. The summed E-state index contributed by atoms with van der Waals surface area (Å²) in [6.07, 6.45) is 1.50. The van der Waals surface area contributed by atoms with Crippen LogP contribution in [0.3, 0.4) is 0 Å². The van der Waals surface area contributed by atoms with Gasteiger partial charge in [0.2, 0.25) is 12.2 Å². The van der Waals surface area contributed by atoms with Crippen LogP contribution in [0, 0.1) is 10.8 Å². The molecule has 0 aliphatic carbocycles. The van der Waals surface area contributed by atoms with Gasteiger partial charge < -0.3 is 0 Å². The van der Waals surface area contributed by atoms with Crippen molar-refractivity contribution in [3.8, 4) is 0 Å². The van der Waals surface area contributed by atoms with Crippen molar-refractivity contribution < 1.29 is 9.59 Å². The van der Waals surface area contributed by atoms with Crippen LogP contribution in [0.4, 0.5) is 11.4 Å². The highest BCUT2D eigenvalue weighted by molar-refractivity contribution is 5.57. The van der Waals surface area contributed by atoms with Gasteiger partial charge in [-0.15, -0.1) is 0 Å². The fourth-order valence-electron chi connectivity index (χ4n) is 1.15. The first-order valence-electron chi connectivity index (χ1n) is 5.62. The first kappa shape index (κ1) is 17.6. The third kappa shape index (κ3) is 10.2. The van der Waals surface area contributed by atoms with Crippen molar-refractivity contribution in [1.29, 1.82) is 10.8 Å². The van der Waals surface area contributed by atoms with E-state index in [4.69, 9.17) is 20.4 Å². The normalized spacial score (nSPS) is 7.24. The van der Waals surface area contributed by atoms with E-state index in [0.29, 0.717) is 0 Å². The van der Waals surface area contributed by atoms with Gasteiger partial charge >= 0.3 is 0 Å². The zero-order valence-corrected chi connectivity index (χ0v) is 11.0. The zero-order valence-electron chi connectivity index (χ0n) is 11.0. The Kier molecular flexibility index (Phi) is 10.9. The molecule has 0 aromatic heterocycles. The molecule has 0 heterocycles. The third-order valence-electron chi connectivity index (χ3n) is 1.87. The molecule has 21 heavy (non-hydrogen) atoms. The smallest absolute Gasteiger partial charge is 0.222 e. The van der Waals surface area contributed by atoms with Crippen molar-refractivity contribution in [3.05, 3.63) is 60.7 Å². The number of rotatable bonds is 2. The van der Waals surface area contributed by atoms with Crippen LogP contribution in [0.1, 0.15) is 0 Å². The molecule has 0 aliphatic heterocycles. The van der Waals surface area contributed by atoms with Crippen LogP contribution in [0.15, 0.2) is 70.6 Å². The maximum Gasteiger partial charge on any atom is 0.231 e. The van der Waals surface area contributed by atoms with Crippen LogP contribution in [-0.2, 0) is 9.59 Å². The van der Waals surface area contributed by atoms with E-state index < -0.39 is 0 Å². The molecule has 0 amide bonds. The molecule has 2 rings (SSSR count). The van der Waals surface area contributed by atoms with Crippen molar-refractivity contribution in [2.75, 3.05) is 0 Å². The van der Waals surface area contributed by atoms with Gasteiger partial charge in [-0.05, 0) is 24.3 Å². The van der Waals surface area contributed by atoms with Crippen molar-refractivity contribution >= 4 is 29.5 Å². The average molecular weight is 280 g/mol. The van der Waals surface area contributed by atoms with Gasteiger partial charge in [-0.25, -0.2) is 20.4 Å². The molecule has 2 aromatic rings. The lowest BCUT2D eigenvalue weighted by Gasteiger charge is -1.87. The lowest BCUT2D eigenvalue weighted by molar-refractivity contribution is 0.562. The Morgan fingerprint density at radius 3 is 1.24 bits per heavy atom. The molecule has 0 fully saturated rings. The van der Waals surface area contributed by atoms with E-state index in [1.165, 1.54) is 0 Å². The summed E-state index contributed by atoms with van der Waals surface area (Å²) in [5.41, 5.74) is 1.72. The van der Waals surface area contributed by atoms with Crippen LogP contribution < -0.4 is 0 Å². The van der Waals surface area contributed by atoms with Gasteiger partial charge in [0.25, 0.3) is 0 Å². The number of hydrogen-bond donors (Lipinski definition) is 2. The van der Waals surface area contributed by atoms with Gasteiger partial charge in [0.1, 0.15) is 6.01 Å². The molecule has 0 saturated heterocycles.